The van der Waals surface area contributed by atoms with Crippen LogP contribution < -0.4 is 16.4 Å². The summed E-state index contributed by atoms with van der Waals surface area (Å²) in [4.78, 5) is 25.8. The first-order valence-corrected chi connectivity index (χ1v) is 12.2. The van der Waals surface area contributed by atoms with Crippen molar-refractivity contribution < 1.29 is 9.53 Å². The van der Waals surface area contributed by atoms with Crippen LogP contribution in [0.3, 0.4) is 0 Å². The number of imidazole rings is 1. The van der Waals surface area contributed by atoms with Gasteiger partial charge >= 0.3 is 0 Å². The molecule has 182 valence electrons. The highest BCUT2D eigenvalue weighted by atomic mass is 35.5. The molecule has 0 unspecified atom stereocenters. The first kappa shape index (κ1) is 23.3. The van der Waals surface area contributed by atoms with Crippen molar-refractivity contribution >= 4 is 46.3 Å². The Bertz CT molecular complexity index is 1270. The van der Waals surface area contributed by atoms with Gasteiger partial charge in [0.25, 0.3) is 0 Å². The van der Waals surface area contributed by atoms with Crippen molar-refractivity contribution in [2.45, 2.75) is 50.6 Å². The molecule has 1 saturated heterocycles. The number of aromatic nitrogens is 4. The lowest BCUT2D eigenvalue weighted by atomic mass is 9.85. The number of halogens is 1. The Morgan fingerprint density at radius 2 is 1.94 bits per heavy atom. The highest BCUT2D eigenvalue weighted by molar-refractivity contribution is 6.33. The number of carbonyl (C=O) groups excluding carboxylic acids is 1. The third kappa shape index (κ3) is 5.01. The van der Waals surface area contributed by atoms with Crippen molar-refractivity contribution in [2.24, 2.45) is 11.7 Å². The number of primary amides is 1. The van der Waals surface area contributed by atoms with Gasteiger partial charge in [-0.15, -0.1) is 0 Å². The maximum absolute atomic E-state index is 11.7. The molecule has 2 aliphatic rings. The highest BCUT2D eigenvalue weighted by Gasteiger charge is 2.29. The molecular formula is C24H27ClN8O2. The molecule has 1 aliphatic heterocycles. The highest BCUT2D eigenvalue weighted by Crippen LogP contribution is 2.37. The fraction of sp³-hybridized carbons (Fsp3) is 0.458. The molecule has 3 aromatic rings. The summed E-state index contributed by atoms with van der Waals surface area (Å²) in [7, 11) is 0. The number of hydrogen-bond acceptors (Lipinski definition) is 8. The van der Waals surface area contributed by atoms with E-state index in [0.717, 1.165) is 51.7 Å². The number of fused-ring (bicyclic) bond motifs is 1. The van der Waals surface area contributed by atoms with Crippen LogP contribution in [-0.2, 0) is 9.53 Å². The summed E-state index contributed by atoms with van der Waals surface area (Å²) in [5.74, 6) is 0.795. The zero-order valence-electron chi connectivity index (χ0n) is 19.2. The van der Waals surface area contributed by atoms with Crippen molar-refractivity contribution in [3.63, 3.8) is 0 Å². The molecule has 4 N–H and O–H groups in total. The van der Waals surface area contributed by atoms with Gasteiger partial charge in [0.05, 0.1) is 28.5 Å². The maximum atomic E-state index is 11.7. The van der Waals surface area contributed by atoms with Gasteiger partial charge in [-0.05, 0) is 56.7 Å². The van der Waals surface area contributed by atoms with E-state index in [1.165, 1.54) is 0 Å². The van der Waals surface area contributed by atoms with Crippen molar-refractivity contribution in [3.8, 4) is 6.07 Å². The molecule has 2 fully saturated rings. The fourth-order valence-corrected chi connectivity index (χ4v) is 5.07. The summed E-state index contributed by atoms with van der Waals surface area (Å²) in [5, 5.41) is 16.3. The van der Waals surface area contributed by atoms with Gasteiger partial charge in [-0.1, -0.05) is 11.6 Å². The van der Waals surface area contributed by atoms with Crippen molar-refractivity contribution in [1.82, 2.24) is 19.5 Å². The second-order valence-electron chi connectivity index (χ2n) is 9.08. The second kappa shape index (κ2) is 10.1. The minimum Gasteiger partial charge on any atom is -0.381 e. The van der Waals surface area contributed by atoms with E-state index in [1.54, 1.807) is 24.4 Å². The molecule has 35 heavy (non-hydrogen) atoms. The minimum absolute atomic E-state index is 0.0843. The maximum Gasteiger partial charge on any atom is 0.224 e. The van der Waals surface area contributed by atoms with Crippen molar-refractivity contribution in [3.05, 3.63) is 35.0 Å². The number of hydrogen-bond donors (Lipinski definition) is 3. The fourth-order valence-electron chi connectivity index (χ4n) is 4.84. The Morgan fingerprint density at radius 3 is 2.63 bits per heavy atom. The van der Waals surface area contributed by atoms with E-state index in [1.807, 2.05) is 0 Å². The Balaban J connectivity index is 1.50. The molecule has 0 spiro atoms. The number of anilines is 3. The Kier molecular flexibility index (Phi) is 6.70. The second-order valence-corrected chi connectivity index (χ2v) is 9.49. The quantitative estimate of drug-likeness (QED) is 0.468. The van der Waals surface area contributed by atoms with Gasteiger partial charge in [-0.2, -0.15) is 10.2 Å². The predicted octanol–water partition coefficient (Wildman–Crippen LogP) is 3.90. The molecule has 1 saturated carbocycles. The first-order valence-electron chi connectivity index (χ1n) is 11.9. The molecule has 1 amide bonds. The number of amides is 1. The van der Waals surface area contributed by atoms with Gasteiger partial charge in [0.15, 0.2) is 5.65 Å². The van der Waals surface area contributed by atoms with Gasteiger partial charge in [-0.25, -0.2) is 9.97 Å². The summed E-state index contributed by atoms with van der Waals surface area (Å²) >= 11 is 6.43. The number of nitriles is 1. The summed E-state index contributed by atoms with van der Waals surface area (Å²) in [5.41, 5.74) is 8.05. The summed E-state index contributed by atoms with van der Waals surface area (Å²) in [6, 6.07) is 7.52. The van der Waals surface area contributed by atoms with E-state index in [2.05, 4.69) is 26.3 Å². The van der Waals surface area contributed by atoms with E-state index >= 15 is 0 Å². The standard InChI is InChI=1S/C24H27ClN8O2/c25-18-11-14(12-26)1-6-19(18)30-24-31-20-13-28-23(29-16-7-9-35-10-8-16)32-22(20)33(24)17-4-2-15(3-5-17)21(27)34/h1,6,11,13,15-17H,2-5,7-10H2,(H2,27,34)(H,30,31)(H,28,29,32)/t15-,17+. The lowest BCUT2D eigenvalue weighted by Gasteiger charge is -2.29. The SMILES string of the molecule is N#Cc1ccc(Nc2nc3cnc(NC4CCOCC4)nc3n2[C@H]2CC[C@@H](C(N)=O)CC2)c(Cl)c1. The topological polar surface area (TPSA) is 144 Å². The van der Waals surface area contributed by atoms with E-state index in [4.69, 9.17) is 37.3 Å². The number of ether oxygens (including phenoxy) is 1. The number of carbonyl (C=O) groups is 1. The van der Waals surface area contributed by atoms with Crippen molar-refractivity contribution in [2.75, 3.05) is 23.8 Å². The molecule has 5 rings (SSSR count). The molecule has 0 bridgehead atoms. The van der Waals surface area contributed by atoms with Crippen LogP contribution in [0.4, 0.5) is 17.6 Å². The van der Waals surface area contributed by atoms with Gasteiger partial charge < -0.3 is 21.1 Å². The van der Waals surface area contributed by atoms with Gasteiger partial charge in [0.1, 0.15) is 5.52 Å². The van der Waals surface area contributed by atoms with E-state index in [9.17, 15) is 4.79 Å². The molecular weight excluding hydrogens is 468 g/mol. The van der Waals surface area contributed by atoms with Crippen LogP contribution in [-0.4, -0.2) is 44.7 Å². The number of nitrogens with two attached hydrogens (primary N) is 1. The van der Waals surface area contributed by atoms with Gasteiger partial charge in [-0.3, -0.25) is 9.36 Å². The van der Waals surface area contributed by atoms with Crippen LogP contribution in [0.5, 0.6) is 0 Å². The third-order valence-electron chi connectivity index (χ3n) is 6.80. The summed E-state index contributed by atoms with van der Waals surface area (Å²) in [6.07, 6.45) is 6.53. The first-order chi connectivity index (χ1) is 17.0. The summed E-state index contributed by atoms with van der Waals surface area (Å²) in [6.45, 7) is 1.45. The molecule has 3 heterocycles. The average molecular weight is 495 g/mol. The smallest absolute Gasteiger partial charge is 0.224 e. The Labute approximate surface area is 207 Å². The Morgan fingerprint density at radius 1 is 1.17 bits per heavy atom. The number of nitrogens with zero attached hydrogens (tertiary/aromatic N) is 5. The molecule has 10 nitrogen and oxygen atoms in total. The molecule has 1 aromatic carbocycles. The number of rotatable bonds is 6. The average Bonchev–Trinajstić information content (AvgIpc) is 3.23. The van der Waals surface area contributed by atoms with Crippen LogP contribution >= 0.6 is 11.6 Å². The zero-order chi connectivity index (χ0) is 24.4. The van der Waals surface area contributed by atoms with Crippen LogP contribution in [0.25, 0.3) is 11.2 Å². The monoisotopic (exact) mass is 494 g/mol. The molecule has 0 radical (unpaired) electrons. The number of benzene rings is 1. The zero-order valence-corrected chi connectivity index (χ0v) is 20.0. The molecule has 2 aromatic heterocycles. The predicted molar refractivity (Wildman–Crippen MR) is 132 cm³/mol. The lowest BCUT2D eigenvalue weighted by molar-refractivity contribution is -0.122. The van der Waals surface area contributed by atoms with Crippen LogP contribution in [0.1, 0.15) is 50.1 Å². The third-order valence-corrected chi connectivity index (χ3v) is 7.11. The molecule has 1 aliphatic carbocycles. The summed E-state index contributed by atoms with van der Waals surface area (Å²) < 4.78 is 7.53. The number of nitrogens with one attached hydrogen (secondary N) is 2. The lowest BCUT2D eigenvalue weighted by Crippen LogP contribution is -2.29. The molecule has 0 atom stereocenters. The van der Waals surface area contributed by atoms with E-state index < -0.39 is 0 Å². The Hall–Kier alpha value is -3.42. The van der Waals surface area contributed by atoms with Gasteiger partial charge in [0, 0.05) is 31.2 Å². The van der Waals surface area contributed by atoms with Crippen molar-refractivity contribution in [1.29, 1.82) is 5.26 Å². The van der Waals surface area contributed by atoms with E-state index in [0.29, 0.717) is 39.3 Å². The molecule has 11 heteroatoms. The normalized spacial score (nSPS) is 20.9. The van der Waals surface area contributed by atoms with Crippen LogP contribution in [0.2, 0.25) is 5.02 Å². The largest absolute Gasteiger partial charge is 0.381 e. The van der Waals surface area contributed by atoms with E-state index in [-0.39, 0.29) is 23.9 Å². The van der Waals surface area contributed by atoms with Crippen LogP contribution in [0.15, 0.2) is 24.4 Å². The van der Waals surface area contributed by atoms with Gasteiger partial charge in [0.2, 0.25) is 17.8 Å². The van der Waals surface area contributed by atoms with Crippen LogP contribution in [0, 0.1) is 17.2 Å². The minimum atomic E-state index is -0.244.